The summed E-state index contributed by atoms with van der Waals surface area (Å²) >= 11 is 0. The molecular formula is C21H22N2O3. The van der Waals surface area contributed by atoms with Crippen LogP contribution in [0, 0.1) is 0 Å². The second kappa shape index (κ2) is 7.87. The minimum absolute atomic E-state index is 0.0337. The Morgan fingerprint density at radius 1 is 1.12 bits per heavy atom. The van der Waals surface area contributed by atoms with E-state index in [9.17, 15) is 9.59 Å². The van der Waals surface area contributed by atoms with Crippen LogP contribution in [0.15, 0.2) is 48.7 Å². The van der Waals surface area contributed by atoms with E-state index in [1.54, 1.807) is 25.3 Å². The normalized spacial score (nSPS) is 10.7. The van der Waals surface area contributed by atoms with E-state index in [2.05, 4.69) is 16.4 Å². The average molecular weight is 350 g/mol. The summed E-state index contributed by atoms with van der Waals surface area (Å²) in [6.07, 6.45) is 2.91. The van der Waals surface area contributed by atoms with Gasteiger partial charge in [0, 0.05) is 34.8 Å². The van der Waals surface area contributed by atoms with Gasteiger partial charge >= 0.3 is 0 Å². The molecule has 134 valence electrons. The highest BCUT2D eigenvalue weighted by Gasteiger charge is 2.11. The molecule has 2 N–H and O–H groups in total. The van der Waals surface area contributed by atoms with E-state index in [0.29, 0.717) is 23.4 Å². The van der Waals surface area contributed by atoms with Crippen molar-refractivity contribution in [3.05, 3.63) is 65.4 Å². The zero-order valence-electron chi connectivity index (χ0n) is 15.0. The number of aromatic amines is 1. The number of ether oxygens (including phenoxy) is 1. The Hall–Kier alpha value is -3.08. The molecule has 0 aliphatic heterocycles. The van der Waals surface area contributed by atoms with E-state index in [0.717, 1.165) is 11.9 Å². The van der Waals surface area contributed by atoms with Crippen molar-refractivity contribution in [2.45, 2.75) is 19.8 Å². The lowest BCUT2D eigenvalue weighted by Gasteiger charge is -2.10. The maximum atomic E-state index is 12.3. The van der Waals surface area contributed by atoms with Crippen molar-refractivity contribution in [3.63, 3.8) is 0 Å². The molecule has 5 heteroatoms. The number of amides is 1. The number of hydrogen-bond acceptors (Lipinski definition) is 3. The number of hydrogen-bond donors (Lipinski definition) is 2. The summed E-state index contributed by atoms with van der Waals surface area (Å²) in [6.45, 7) is 2.06. The fraction of sp³-hybridized carbons (Fsp3) is 0.238. The van der Waals surface area contributed by atoms with E-state index in [-0.39, 0.29) is 18.1 Å². The van der Waals surface area contributed by atoms with Gasteiger partial charge in [-0.1, -0.05) is 18.2 Å². The van der Waals surface area contributed by atoms with Gasteiger partial charge in [-0.3, -0.25) is 9.59 Å². The van der Waals surface area contributed by atoms with Crippen molar-refractivity contribution < 1.29 is 14.3 Å². The van der Waals surface area contributed by atoms with Crippen LogP contribution in [-0.4, -0.2) is 30.3 Å². The van der Waals surface area contributed by atoms with Crippen LogP contribution < -0.4 is 10.1 Å². The van der Waals surface area contributed by atoms with Gasteiger partial charge in [0.2, 0.25) is 5.91 Å². The Morgan fingerprint density at radius 3 is 2.69 bits per heavy atom. The largest absolute Gasteiger partial charge is 0.496 e. The molecule has 0 saturated carbocycles. The summed E-state index contributed by atoms with van der Waals surface area (Å²) in [4.78, 5) is 27.1. The Labute approximate surface area is 152 Å². The first kappa shape index (κ1) is 17.7. The number of Topliss-reactive ketones (excluding diaryl/α,β-unsaturated/α-hetero) is 1. The molecule has 1 amide bonds. The molecule has 0 bridgehead atoms. The molecule has 3 aromatic rings. The molecule has 26 heavy (non-hydrogen) atoms. The number of fused-ring (bicyclic) bond motifs is 1. The summed E-state index contributed by atoms with van der Waals surface area (Å²) in [5.41, 5.74) is 3.56. The molecule has 0 saturated heterocycles. The first-order valence-corrected chi connectivity index (χ1v) is 8.58. The number of aromatic nitrogens is 1. The zero-order valence-corrected chi connectivity index (χ0v) is 15.0. The smallest absolute Gasteiger partial charge is 0.224 e. The molecule has 0 spiro atoms. The molecule has 0 radical (unpaired) electrons. The van der Waals surface area contributed by atoms with Gasteiger partial charge in [-0.15, -0.1) is 0 Å². The number of carbonyl (C=O) groups is 2. The van der Waals surface area contributed by atoms with E-state index in [1.807, 2.05) is 24.4 Å². The highest BCUT2D eigenvalue weighted by Crippen LogP contribution is 2.21. The van der Waals surface area contributed by atoms with E-state index < -0.39 is 0 Å². The predicted molar refractivity (Wildman–Crippen MR) is 102 cm³/mol. The van der Waals surface area contributed by atoms with Crippen LogP contribution in [-0.2, 0) is 17.6 Å². The minimum Gasteiger partial charge on any atom is -0.496 e. The minimum atomic E-state index is -0.0937. The van der Waals surface area contributed by atoms with E-state index >= 15 is 0 Å². The zero-order chi connectivity index (χ0) is 18.5. The summed E-state index contributed by atoms with van der Waals surface area (Å²) in [7, 11) is 1.56. The number of para-hydroxylation sites is 1. The highest BCUT2D eigenvalue weighted by atomic mass is 16.5. The number of methoxy groups -OCH3 is 1. The van der Waals surface area contributed by atoms with Crippen LogP contribution in [0.25, 0.3) is 10.9 Å². The fourth-order valence-electron chi connectivity index (χ4n) is 3.05. The molecule has 0 atom stereocenters. The highest BCUT2D eigenvalue weighted by molar-refractivity contribution is 5.94. The molecule has 3 rings (SSSR count). The maximum Gasteiger partial charge on any atom is 0.224 e. The number of ketones is 1. The average Bonchev–Trinajstić information content (AvgIpc) is 3.05. The number of carbonyl (C=O) groups excluding carboxylic acids is 2. The first-order chi connectivity index (χ1) is 12.6. The van der Waals surface area contributed by atoms with Gasteiger partial charge in [0.15, 0.2) is 5.78 Å². The topological polar surface area (TPSA) is 71.2 Å². The van der Waals surface area contributed by atoms with Gasteiger partial charge in [-0.2, -0.15) is 0 Å². The summed E-state index contributed by atoms with van der Waals surface area (Å²) in [5, 5.41) is 4.12. The van der Waals surface area contributed by atoms with Gasteiger partial charge in [0.05, 0.1) is 13.5 Å². The molecule has 0 unspecified atom stereocenters. The van der Waals surface area contributed by atoms with E-state index in [4.69, 9.17) is 4.74 Å². The molecule has 1 aromatic heterocycles. The molecule has 0 aliphatic rings. The first-order valence-electron chi connectivity index (χ1n) is 8.58. The molecule has 0 fully saturated rings. The Balaban J connectivity index is 1.61. The maximum absolute atomic E-state index is 12.3. The van der Waals surface area contributed by atoms with Gasteiger partial charge in [0.25, 0.3) is 0 Å². The van der Waals surface area contributed by atoms with Crippen LogP contribution in [0.5, 0.6) is 5.75 Å². The summed E-state index contributed by atoms with van der Waals surface area (Å²) in [6, 6.07) is 13.3. The third-order valence-electron chi connectivity index (χ3n) is 4.43. The summed E-state index contributed by atoms with van der Waals surface area (Å²) in [5.74, 6) is 0.485. The quantitative estimate of drug-likeness (QED) is 0.643. The van der Waals surface area contributed by atoms with Gasteiger partial charge in [-0.05, 0) is 43.2 Å². The predicted octanol–water partition coefficient (Wildman–Crippen LogP) is 3.28. The van der Waals surface area contributed by atoms with Gasteiger partial charge < -0.3 is 15.0 Å². The standard InChI is InChI=1S/C21H22N2O3/c1-14(24)15-7-8-20(26-2)17(11-15)12-21(25)22-10-9-16-13-23-19-6-4-3-5-18(16)19/h3-8,11,13,23H,9-10,12H2,1-2H3,(H,22,25). The second-order valence-corrected chi connectivity index (χ2v) is 6.22. The molecule has 5 nitrogen and oxygen atoms in total. The third-order valence-corrected chi connectivity index (χ3v) is 4.43. The number of rotatable bonds is 7. The number of nitrogens with one attached hydrogen (secondary N) is 2. The van der Waals surface area contributed by atoms with Crippen molar-refractivity contribution in [2.24, 2.45) is 0 Å². The number of H-pyrrole nitrogens is 1. The Kier molecular flexibility index (Phi) is 5.37. The molecule has 0 aliphatic carbocycles. The Morgan fingerprint density at radius 2 is 1.92 bits per heavy atom. The van der Waals surface area contributed by atoms with Crippen LogP contribution in [0.4, 0.5) is 0 Å². The van der Waals surface area contributed by atoms with Crippen LogP contribution >= 0.6 is 0 Å². The lowest BCUT2D eigenvalue weighted by Crippen LogP contribution is -2.27. The van der Waals surface area contributed by atoms with E-state index in [1.165, 1.54) is 17.9 Å². The molecule has 2 aromatic carbocycles. The van der Waals surface area contributed by atoms with Crippen molar-refractivity contribution in [1.82, 2.24) is 10.3 Å². The van der Waals surface area contributed by atoms with Crippen molar-refractivity contribution in [2.75, 3.05) is 13.7 Å². The van der Waals surface area contributed by atoms with Crippen LogP contribution in [0.1, 0.15) is 28.4 Å². The number of benzene rings is 2. The lowest BCUT2D eigenvalue weighted by molar-refractivity contribution is -0.120. The second-order valence-electron chi connectivity index (χ2n) is 6.22. The SMILES string of the molecule is COc1ccc(C(C)=O)cc1CC(=O)NCCc1c[nH]c2ccccc12. The van der Waals surface area contributed by atoms with Crippen LogP contribution in [0.2, 0.25) is 0 Å². The molecular weight excluding hydrogens is 328 g/mol. The van der Waals surface area contributed by atoms with Crippen molar-refractivity contribution >= 4 is 22.6 Å². The van der Waals surface area contributed by atoms with Gasteiger partial charge in [-0.25, -0.2) is 0 Å². The van der Waals surface area contributed by atoms with Crippen molar-refractivity contribution in [1.29, 1.82) is 0 Å². The Bertz CT molecular complexity index is 943. The molecule has 1 heterocycles. The van der Waals surface area contributed by atoms with Crippen molar-refractivity contribution in [3.8, 4) is 5.75 Å². The monoisotopic (exact) mass is 350 g/mol. The van der Waals surface area contributed by atoms with Gasteiger partial charge in [0.1, 0.15) is 5.75 Å². The summed E-state index contributed by atoms with van der Waals surface area (Å²) < 4.78 is 5.30. The van der Waals surface area contributed by atoms with Crippen LogP contribution in [0.3, 0.4) is 0 Å². The third kappa shape index (κ3) is 3.94. The fourth-order valence-corrected chi connectivity index (χ4v) is 3.05. The lowest BCUT2D eigenvalue weighted by atomic mass is 10.0.